The van der Waals surface area contributed by atoms with Gasteiger partial charge in [-0.1, -0.05) is 6.07 Å². The standard InChI is InChI=1S/C23H21F3N4O5/c1-12(31)27-8-15-9-30(22(32)34-15)14-5-6-16-13(7-14)3-2-4-17-20(16)28-29-21(17)18-10-33-11-19(18)35-23(24,25)26/h5-7,10-11,15H,2-4,8-9H2,1H3,(H,27,31)(H,28,29)/t15-/m0/s1. The summed E-state index contributed by atoms with van der Waals surface area (Å²) in [6.45, 7) is 1.93. The second-order valence-electron chi connectivity index (χ2n) is 8.37. The Morgan fingerprint density at radius 1 is 1.29 bits per heavy atom. The molecule has 35 heavy (non-hydrogen) atoms. The maximum absolute atomic E-state index is 12.8. The third-order valence-electron chi connectivity index (χ3n) is 5.97. The highest BCUT2D eigenvalue weighted by Crippen LogP contribution is 2.41. The van der Waals surface area contributed by atoms with Crippen LogP contribution in [0.1, 0.15) is 24.5 Å². The molecular formula is C23H21F3N4O5. The monoisotopic (exact) mass is 490 g/mol. The van der Waals surface area contributed by atoms with Crippen LogP contribution in [-0.2, 0) is 22.4 Å². The summed E-state index contributed by atoms with van der Waals surface area (Å²) < 4.78 is 52.8. The fourth-order valence-electron chi connectivity index (χ4n) is 4.47. The van der Waals surface area contributed by atoms with Gasteiger partial charge in [-0.25, -0.2) is 4.79 Å². The number of carbonyl (C=O) groups excluding carboxylic acids is 2. The first-order valence-electron chi connectivity index (χ1n) is 10.9. The lowest BCUT2D eigenvalue weighted by Crippen LogP contribution is -2.33. The maximum Gasteiger partial charge on any atom is 0.573 e. The number of hydrogen-bond acceptors (Lipinski definition) is 6. The zero-order valence-electron chi connectivity index (χ0n) is 18.6. The Bertz CT molecular complexity index is 1280. The van der Waals surface area contributed by atoms with Crippen LogP contribution in [0.25, 0.3) is 22.5 Å². The molecular weight excluding hydrogens is 469 g/mol. The molecule has 0 bridgehead atoms. The number of ether oxygens (including phenoxy) is 2. The van der Waals surface area contributed by atoms with Gasteiger partial charge in [0.15, 0.2) is 5.75 Å². The van der Waals surface area contributed by atoms with Gasteiger partial charge in [-0.15, -0.1) is 13.2 Å². The van der Waals surface area contributed by atoms with Gasteiger partial charge in [0.25, 0.3) is 0 Å². The molecule has 0 saturated carbocycles. The van der Waals surface area contributed by atoms with Gasteiger partial charge in [-0.3, -0.25) is 14.8 Å². The predicted molar refractivity (Wildman–Crippen MR) is 117 cm³/mol. The number of aromatic nitrogens is 2. The van der Waals surface area contributed by atoms with Crippen LogP contribution in [0.2, 0.25) is 0 Å². The summed E-state index contributed by atoms with van der Waals surface area (Å²) in [5.41, 5.74) is 4.40. The Hall–Kier alpha value is -3.96. The zero-order valence-corrected chi connectivity index (χ0v) is 18.6. The van der Waals surface area contributed by atoms with E-state index >= 15 is 0 Å². The number of H-pyrrole nitrogens is 1. The van der Waals surface area contributed by atoms with Gasteiger partial charge in [0, 0.05) is 23.7 Å². The molecule has 1 atom stereocenters. The van der Waals surface area contributed by atoms with E-state index in [0.717, 1.165) is 29.4 Å². The number of amides is 2. The van der Waals surface area contributed by atoms with Crippen LogP contribution in [0, 0.1) is 0 Å². The second-order valence-corrected chi connectivity index (χ2v) is 8.37. The molecule has 0 spiro atoms. The van der Waals surface area contributed by atoms with Crippen molar-refractivity contribution in [1.29, 1.82) is 0 Å². The Labute approximate surface area is 197 Å². The van der Waals surface area contributed by atoms with Crippen LogP contribution in [0.4, 0.5) is 23.7 Å². The fourth-order valence-corrected chi connectivity index (χ4v) is 4.47. The quantitative estimate of drug-likeness (QED) is 0.555. The van der Waals surface area contributed by atoms with Crippen LogP contribution in [0.15, 0.2) is 35.1 Å². The second kappa shape index (κ2) is 8.67. The number of halogens is 3. The summed E-state index contributed by atoms with van der Waals surface area (Å²) in [6, 6.07) is 5.54. The highest BCUT2D eigenvalue weighted by molar-refractivity contribution is 5.91. The number of carbonyl (C=O) groups is 2. The van der Waals surface area contributed by atoms with E-state index in [-0.39, 0.29) is 18.0 Å². The topological polar surface area (TPSA) is 110 Å². The predicted octanol–water partition coefficient (Wildman–Crippen LogP) is 4.19. The summed E-state index contributed by atoms with van der Waals surface area (Å²) in [7, 11) is 0. The van der Waals surface area contributed by atoms with Gasteiger partial charge in [-0.05, 0) is 37.0 Å². The molecule has 1 aromatic carbocycles. The van der Waals surface area contributed by atoms with Crippen molar-refractivity contribution < 1.29 is 36.7 Å². The van der Waals surface area contributed by atoms with Crippen LogP contribution in [-0.4, -0.2) is 47.8 Å². The van der Waals surface area contributed by atoms with E-state index < -0.39 is 24.3 Å². The number of cyclic esters (lactones) is 1. The van der Waals surface area contributed by atoms with Crippen molar-refractivity contribution in [3.8, 4) is 28.3 Å². The number of aryl methyl sites for hydroxylation is 1. The molecule has 12 heteroatoms. The van der Waals surface area contributed by atoms with E-state index in [2.05, 4.69) is 20.3 Å². The minimum Gasteiger partial charge on any atom is -0.468 e. The van der Waals surface area contributed by atoms with Crippen LogP contribution in [0.3, 0.4) is 0 Å². The van der Waals surface area contributed by atoms with Crippen LogP contribution in [0.5, 0.6) is 5.75 Å². The zero-order chi connectivity index (χ0) is 24.7. The average Bonchev–Trinajstić information content (AvgIpc) is 3.47. The lowest BCUT2D eigenvalue weighted by Gasteiger charge is -2.16. The molecule has 0 radical (unpaired) electrons. The maximum atomic E-state index is 12.8. The molecule has 1 fully saturated rings. The minimum atomic E-state index is -4.85. The largest absolute Gasteiger partial charge is 0.573 e. The number of alkyl halides is 3. The fraction of sp³-hybridized carbons (Fsp3) is 0.348. The Morgan fingerprint density at radius 3 is 2.89 bits per heavy atom. The van der Waals surface area contributed by atoms with Gasteiger partial charge >= 0.3 is 12.5 Å². The molecule has 2 aliphatic rings. The molecule has 3 aromatic rings. The molecule has 2 amide bonds. The number of nitrogens with zero attached hydrogens (tertiary/aromatic N) is 2. The van der Waals surface area contributed by atoms with E-state index in [1.807, 2.05) is 12.1 Å². The molecule has 5 rings (SSSR count). The smallest absolute Gasteiger partial charge is 0.468 e. The van der Waals surface area contributed by atoms with Gasteiger partial charge in [0.1, 0.15) is 24.3 Å². The number of benzene rings is 1. The summed E-state index contributed by atoms with van der Waals surface area (Å²) in [6.07, 6.45) is -1.72. The van der Waals surface area contributed by atoms with Crippen molar-refractivity contribution >= 4 is 17.7 Å². The number of anilines is 1. The molecule has 9 nitrogen and oxygen atoms in total. The SMILES string of the molecule is CC(=O)NC[C@H]1CN(c2ccc3c(c2)CCCc2c(-c4cocc4OC(F)(F)F)n[nH]c2-3)C(=O)O1. The van der Waals surface area contributed by atoms with Crippen LogP contribution >= 0.6 is 0 Å². The summed E-state index contributed by atoms with van der Waals surface area (Å²) >= 11 is 0. The summed E-state index contributed by atoms with van der Waals surface area (Å²) in [5, 5.41) is 9.88. The first-order valence-corrected chi connectivity index (χ1v) is 10.9. The highest BCUT2D eigenvalue weighted by Gasteiger charge is 2.35. The first-order chi connectivity index (χ1) is 16.7. The summed E-state index contributed by atoms with van der Waals surface area (Å²) in [4.78, 5) is 25.1. The number of rotatable bonds is 5. The minimum absolute atomic E-state index is 0.116. The number of nitrogens with one attached hydrogen (secondary N) is 2. The average molecular weight is 490 g/mol. The van der Waals surface area contributed by atoms with E-state index in [0.29, 0.717) is 36.5 Å². The normalized spacial score (nSPS) is 17.4. The third kappa shape index (κ3) is 4.55. The molecule has 0 unspecified atom stereocenters. The van der Waals surface area contributed by atoms with E-state index in [1.54, 1.807) is 6.07 Å². The van der Waals surface area contributed by atoms with Crippen LogP contribution < -0.4 is 15.0 Å². The highest BCUT2D eigenvalue weighted by atomic mass is 19.4. The van der Waals surface area contributed by atoms with Gasteiger partial charge in [0.2, 0.25) is 5.91 Å². The van der Waals surface area contributed by atoms with Crippen molar-refractivity contribution in [2.24, 2.45) is 0 Å². The summed E-state index contributed by atoms with van der Waals surface area (Å²) in [5.74, 6) is -0.653. The molecule has 2 aromatic heterocycles. The number of furan rings is 1. The Morgan fingerprint density at radius 2 is 2.11 bits per heavy atom. The lowest BCUT2D eigenvalue weighted by atomic mass is 10.00. The van der Waals surface area contributed by atoms with Crippen molar-refractivity contribution in [2.75, 3.05) is 18.0 Å². The molecule has 2 N–H and O–H groups in total. The molecule has 1 aliphatic heterocycles. The van der Waals surface area contributed by atoms with Crippen molar-refractivity contribution in [3.63, 3.8) is 0 Å². The first kappa shape index (κ1) is 22.8. The molecule has 1 saturated heterocycles. The van der Waals surface area contributed by atoms with E-state index in [9.17, 15) is 22.8 Å². The van der Waals surface area contributed by atoms with Gasteiger partial charge < -0.3 is 19.2 Å². The third-order valence-corrected chi connectivity index (χ3v) is 5.97. The van der Waals surface area contributed by atoms with Gasteiger partial charge in [-0.2, -0.15) is 5.10 Å². The number of aromatic amines is 1. The number of fused-ring (bicyclic) bond motifs is 3. The Kier molecular flexibility index (Phi) is 5.65. The van der Waals surface area contributed by atoms with E-state index in [1.165, 1.54) is 18.1 Å². The Balaban J connectivity index is 1.43. The number of hydrogen-bond donors (Lipinski definition) is 2. The van der Waals surface area contributed by atoms with E-state index in [4.69, 9.17) is 9.15 Å². The van der Waals surface area contributed by atoms with Crippen molar-refractivity contribution in [2.45, 2.75) is 38.7 Å². The van der Waals surface area contributed by atoms with Gasteiger partial charge in [0.05, 0.1) is 24.3 Å². The molecule has 184 valence electrons. The van der Waals surface area contributed by atoms with Crippen molar-refractivity contribution in [3.05, 3.63) is 41.9 Å². The lowest BCUT2D eigenvalue weighted by molar-refractivity contribution is -0.274. The van der Waals surface area contributed by atoms with Crippen molar-refractivity contribution in [1.82, 2.24) is 15.5 Å². The molecule has 3 heterocycles. The molecule has 1 aliphatic carbocycles.